The number of amides is 2. The predicted molar refractivity (Wildman–Crippen MR) is 91.4 cm³/mol. The van der Waals surface area contributed by atoms with Gasteiger partial charge in [0.05, 0.1) is 6.54 Å². The van der Waals surface area contributed by atoms with Gasteiger partial charge in [0.1, 0.15) is 0 Å². The average molecular weight is 380 g/mol. The molecule has 0 fully saturated rings. The van der Waals surface area contributed by atoms with Gasteiger partial charge in [-0.25, -0.2) is 0 Å². The molecule has 0 atom stereocenters. The molecule has 0 radical (unpaired) electrons. The zero-order valence-electron chi connectivity index (χ0n) is 12.9. The molecule has 0 unspecified atom stereocenters. The van der Waals surface area contributed by atoms with Gasteiger partial charge in [0, 0.05) is 26.3 Å². The highest BCUT2D eigenvalue weighted by molar-refractivity contribution is 9.10. The van der Waals surface area contributed by atoms with Crippen molar-refractivity contribution in [3.8, 4) is 0 Å². The van der Waals surface area contributed by atoms with Crippen molar-refractivity contribution in [2.24, 2.45) is 0 Å². The van der Waals surface area contributed by atoms with Crippen molar-refractivity contribution < 1.29 is 14.0 Å². The van der Waals surface area contributed by atoms with Crippen LogP contribution in [0.1, 0.15) is 16.1 Å². The summed E-state index contributed by atoms with van der Waals surface area (Å²) in [6.07, 6.45) is 0. The van der Waals surface area contributed by atoms with Crippen LogP contribution in [0.15, 0.2) is 45.5 Å². The summed E-state index contributed by atoms with van der Waals surface area (Å²) in [6.45, 7) is 0.307. The number of furan rings is 1. The minimum atomic E-state index is -0.429. The molecule has 0 aliphatic heterocycles. The fourth-order valence-electron chi connectivity index (χ4n) is 1.86. The molecule has 0 saturated carbocycles. The number of anilines is 1. The Balaban J connectivity index is 1.75. The molecule has 1 heterocycles. The summed E-state index contributed by atoms with van der Waals surface area (Å²) in [5.74, 6) is -0.536. The molecule has 0 spiro atoms. The van der Waals surface area contributed by atoms with Crippen LogP contribution in [0.4, 0.5) is 5.69 Å². The minimum absolute atomic E-state index is 0.104. The van der Waals surface area contributed by atoms with Crippen molar-refractivity contribution in [1.29, 1.82) is 0 Å². The number of halogens is 1. The second kappa shape index (κ2) is 7.82. The number of carbonyl (C=O) groups is 2. The summed E-state index contributed by atoms with van der Waals surface area (Å²) >= 11 is 3.12. The molecule has 1 aromatic heterocycles. The quantitative estimate of drug-likeness (QED) is 0.806. The van der Waals surface area contributed by atoms with Gasteiger partial charge in [-0.1, -0.05) is 12.1 Å². The minimum Gasteiger partial charge on any atom is -0.444 e. The van der Waals surface area contributed by atoms with E-state index in [1.807, 2.05) is 43.3 Å². The lowest BCUT2D eigenvalue weighted by Crippen LogP contribution is -2.36. The van der Waals surface area contributed by atoms with Gasteiger partial charge < -0.3 is 20.0 Å². The van der Waals surface area contributed by atoms with E-state index in [2.05, 4.69) is 26.6 Å². The molecule has 0 bridgehead atoms. The third-order valence-electron chi connectivity index (χ3n) is 3.15. The molecular formula is C16H18BrN3O3. The molecule has 2 amide bonds. The Labute approximate surface area is 143 Å². The SMILES string of the molecule is CN(C)c1ccc(CNC(=O)CNC(=O)c2ccc(Br)o2)cc1. The molecule has 6 nitrogen and oxygen atoms in total. The van der Waals surface area contributed by atoms with Crippen molar-refractivity contribution in [1.82, 2.24) is 10.6 Å². The Morgan fingerprint density at radius 3 is 2.35 bits per heavy atom. The van der Waals surface area contributed by atoms with Crippen molar-refractivity contribution in [3.63, 3.8) is 0 Å². The first kappa shape index (κ1) is 17.1. The van der Waals surface area contributed by atoms with Gasteiger partial charge in [0.2, 0.25) is 5.91 Å². The van der Waals surface area contributed by atoms with Crippen LogP contribution in [0.25, 0.3) is 0 Å². The number of carbonyl (C=O) groups excluding carboxylic acids is 2. The van der Waals surface area contributed by atoms with E-state index in [4.69, 9.17) is 4.42 Å². The monoisotopic (exact) mass is 379 g/mol. The summed E-state index contributed by atoms with van der Waals surface area (Å²) in [4.78, 5) is 25.5. The van der Waals surface area contributed by atoms with E-state index in [0.29, 0.717) is 11.2 Å². The van der Waals surface area contributed by atoms with E-state index in [-0.39, 0.29) is 18.2 Å². The fourth-order valence-corrected chi connectivity index (χ4v) is 2.17. The maximum absolute atomic E-state index is 11.8. The van der Waals surface area contributed by atoms with Crippen molar-refractivity contribution in [2.45, 2.75) is 6.54 Å². The van der Waals surface area contributed by atoms with Crippen LogP contribution in [-0.2, 0) is 11.3 Å². The molecule has 2 N–H and O–H groups in total. The maximum Gasteiger partial charge on any atom is 0.287 e. The first-order valence-corrected chi connectivity index (χ1v) is 7.81. The molecule has 2 rings (SSSR count). The number of nitrogens with zero attached hydrogens (tertiary/aromatic N) is 1. The van der Waals surface area contributed by atoms with Crippen LogP contribution in [0.5, 0.6) is 0 Å². The smallest absolute Gasteiger partial charge is 0.287 e. The van der Waals surface area contributed by atoms with Crippen LogP contribution in [0.2, 0.25) is 0 Å². The zero-order chi connectivity index (χ0) is 16.8. The van der Waals surface area contributed by atoms with Crippen LogP contribution >= 0.6 is 15.9 Å². The second-order valence-corrected chi connectivity index (χ2v) is 5.91. The molecule has 1 aromatic carbocycles. The third-order valence-corrected chi connectivity index (χ3v) is 3.58. The largest absolute Gasteiger partial charge is 0.444 e. The molecule has 23 heavy (non-hydrogen) atoms. The summed E-state index contributed by atoms with van der Waals surface area (Å²) in [6, 6.07) is 11.0. The first-order chi connectivity index (χ1) is 11.0. The summed E-state index contributed by atoms with van der Waals surface area (Å²) in [7, 11) is 3.94. The van der Waals surface area contributed by atoms with E-state index in [9.17, 15) is 9.59 Å². The van der Waals surface area contributed by atoms with Crippen LogP contribution < -0.4 is 15.5 Å². The lowest BCUT2D eigenvalue weighted by Gasteiger charge is -2.13. The lowest BCUT2D eigenvalue weighted by atomic mass is 10.2. The number of rotatable bonds is 6. The van der Waals surface area contributed by atoms with Crippen molar-refractivity contribution in [2.75, 3.05) is 25.5 Å². The lowest BCUT2D eigenvalue weighted by molar-refractivity contribution is -0.120. The fraction of sp³-hybridized carbons (Fsp3) is 0.250. The molecular weight excluding hydrogens is 362 g/mol. The number of benzene rings is 1. The van der Waals surface area contributed by atoms with E-state index in [1.54, 1.807) is 6.07 Å². The third kappa shape index (κ3) is 5.14. The van der Waals surface area contributed by atoms with Crippen molar-refractivity contribution in [3.05, 3.63) is 52.4 Å². The highest BCUT2D eigenvalue weighted by atomic mass is 79.9. The van der Waals surface area contributed by atoms with Crippen LogP contribution in [0.3, 0.4) is 0 Å². The predicted octanol–water partition coefficient (Wildman–Crippen LogP) is 2.15. The highest BCUT2D eigenvalue weighted by Crippen LogP contribution is 2.13. The van der Waals surface area contributed by atoms with Gasteiger partial charge in [0.15, 0.2) is 10.4 Å². The van der Waals surface area contributed by atoms with E-state index >= 15 is 0 Å². The summed E-state index contributed by atoms with van der Waals surface area (Å²) < 4.78 is 5.57. The topological polar surface area (TPSA) is 74.6 Å². The van der Waals surface area contributed by atoms with Gasteiger partial charge in [-0.3, -0.25) is 9.59 Å². The molecule has 122 valence electrons. The van der Waals surface area contributed by atoms with Gasteiger partial charge in [0.25, 0.3) is 5.91 Å². The van der Waals surface area contributed by atoms with E-state index in [0.717, 1.165) is 11.3 Å². The molecule has 2 aromatic rings. The summed E-state index contributed by atoms with van der Waals surface area (Å²) in [5.41, 5.74) is 2.09. The number of nitrogens with one attached hydrogen (secondary N) is 2. The average Bonchev–Trinajstić information content (AvgIpc) is 2.97. The van der Waals surface area contributed by atoms with Gasteiger partial charge in [-0.2, -0.15) is 0 Å². The number of hydrogen-bond donors (Lipinski definition) is 2. The Kier molecular flexibility index (Phi) is 5.81. The Morgan fingerprint density at radius 2 is 1.78 bits per heavy atom. The Hall–Kier alpha value is -2.28. The Morgan fingerprint density at radius 1 is 1.09 bits per heavy atom. The van der Waals surface area contributed by atoms with E-state index in [1.165, 1.54) is 6.07 Å². The molecule has 0 saturated heterocycles. The van der Waals surface area contributed by atoms with Gasteiger partial charge in [-0.05, 0) is 45.8 Å². The van der Waals surface area contributed by atoms with Gasteiger partial charge in [-0.15, -0.1) is 0 Å². The normalized spacial score (nSPS) is 10.2. The second-order valence-electron chi connectivity index (χ2n) is 5.12. The summed E-state index contributed by atoms with van der Waals surface area (Å²) in [5, 5.41) is 5.25. The molecule has 0 aliphatic carbocycles. The molecule has 0 aliphatic rings. The Bertz CT molecular complexity index is 680. The van der Waals surface area contributed by atoms with Crippen LogP contribution in [0, 0.1) is 0 Å². The standard InChI is InChI=1S/C16H18BrN3O3/c1-20(2)12-5-3-11(4-6-12)9-18-15(21)10-19-16(22)13-7-8-14(17)23-13/h3-8H,9-10H2,1-2H3,(H,18,21)(H,19,22). The van der Waals surface area contributed by atoms with Crippen LogP contribution in [-0.4, -0.2) is 32.5 Å². The zero-order valence-corrected chi connectivity index (χ0v) is 14.5. The highest BCUT2D eigenvalue weighted by Gasteiger charge is 2.11. The van der Waals surface area contributed by atoms with E-state index < -0.39 is 5.91 Å². The van der Waals surface area contributed by atoms with Crippen molar-refractivity contribution >= 4 is 33.4 Å². The van der Waals surface area contributed by atoms with Gasteiger partial charge >= 0.3 is 0 Å². The number of hydrogen-bond acceptors (Lipinski definition) is 4. The maximum atomic E-state index is 11.8. The first-order valence-electron chi connectivity index (χ1n) is 7.02. The molecule has 7 heteroatoms.